The maximum Gasteiger partial charge on any atom is 0.187 e. The third-order valence-corrected chi connectivity index (χ3v) is 4.50. The van der Waals surface area contributed by atoms with Crippen LogP contribution in [0.3, 0.4) is 0 Å². The summed E-state index contributed by atoms with van der Waals surface area (Å²) in [5.41, 5.74) is 2.52. The molecule has 0 aliphatic heterocycles. The summed E-state index contributed by atoms with van der Waals surface area (Å²) in [5, 5.41) is 13.8. The van der Waals surface area contributed by atoms with E-state index >= 15 is 0 Å². The molecule has 0 saturated heterocycles. The van der Waals surface area contributed by atoms with Crippen LogP contribution in [0.5, 0.6) is 0 Å². The number of rotatable bonds is 2. The summed E-state index contributed by atoms with van der Waals surface area (Å²) < 4.78 is 0. The molecule has 0 bridgehead atoms. The molecule has 0 radical (unpaired) electrons. The first-order valence-corrected chi connectivity index (χ1v) is 7.41. The molecule has 1 N–H and O–H groups in total. The number of aryl methyl sites for hydroxylation is 2. The van der Waals surface area contributed by atoms with Crippen LogP contribution in [0.4, 0.5) is 10.8 Å². The maximum atomic E-state index is 9.12. The van der Waals surface area contributed by atoms with Gasteiger partial charge in [-0.25, -0.2) is 4.98 Å². The van der Waals surface area contributed by atoms with Crippen molar-refractivity contribution in [3.8, 4) is 6.07 Å². The lowest BCUT2D eigenvalue weighted by molar-refractivity contribution is 0.683. The third-order valence-electron chi connectivity index (χ3n) is 3.19. The van der Waals surface area contributed by atoms with Gasteiger partial charge in [-0.3, -0.25) is 0 Å². The first-order valence-electron chi connectivity index (χ1n) is 6.21. The number of benzene rings is 1. The van der Waals surface area contributed by atoms with Crippen molar-refractivity contribution in [1.82, 2.24) is 4.98 Å². The van der Waals surface area contributed by atoms with E-state index in [-0.39, 0.29) is 0 Å². The standard InChI is InChI=1S/C14H12ClN3S/c15-10-5-6-11(9(7-10)8-16)17-14-18-12-3-1-2-4-13(12)19-14/h5-7H,1-4H2,(H,17,18). The van der Waals surface area contributed by atoms with Gasteiger partial charge in [0.1, 0.15) is 6.07 Å². The van der Waals surface area contributed by atoms with Crippen molar-refractivity contribution in [2.24, 2.45) is 0 Å². The van der Waals surface area contributed by atoms with E-state index < -0.39 is 0 Å². The second-order valence-electron chi connectivity index (χ2n) is 4.52. The molecule has 0 spiro atoms. The Morgan fingerprint density at radius 3 is 2.95 bits per heavy atom. The maximum absolute atomic E-state index is 9.12. The number of nitrogens with zero attached hydrogens (tertiary/aromatic N) is 2. The normalized spacial score (nSPS) is 13.7. The summed E-state index contributed by atoms with van der Waals surface area (Å²) in [4.78, 5) is 5.99. The third kappa shape index (κ3) is 2.58. The van der Waals surface area contributed by atoms with Crippen LogP contribution >= 0.6 is 22.9 Å². The average molecular weight is 290 g/mol. The fraction of sp³-hybridized carbons (Fsp3) is 0.286. The highest BCUT2D eigenvalue weighted by atomic mass is 35.5. The minimum Gasteiger partial charge on any atom is -0.330 e. The van der Waals surface area contributed by atoms with Crippen molar-refractivity contribution < 1.29 is 0 Å². The fourth-order valence-electron chi connectivity index (χ4n) is 2.24. The summed E-state index contributed by atoms with van der Waals surface area (Å²) in [6.45, 7) is 0. The zero-order chi connectivity index (χ0) is 13.2. The largest absolute Gasteiger partial charge is 0.330 e. The minimum absolute atomic E-state index is 0.542. The molecule has 3 rings (SSSR count). The highest BCUT2D eigenvalue weighted by molar-refractivity contribution is 7.15. The molecule has 96 valence electrons. The van der Waals surface area contributed by atoms with Gasteiger partial charge >= 0.3 is 0 Å². The Morgan fingerprint density at radius 2 is 2.16 bits per heavy atom. The molecule has 0 saturated carbocycles. The summed E-state index contributed by atoms with van der Waals surface area (Å²) in [7, 11) is 0. The van der Waals surface area contributed by atoms with E-state index in [2.05, 4.69) is 16.4 Å². The van der Waals surface area contributed by atoms with Gasteiger partial charge in [0.25, 0.3) is 0 Å². The second-order valence-corrected chi connectivity index (χ2v) is 6.04. The molecule has 2 aromatic rings. The van der Waals surface area contributed by atoms with Crippen molar-refractivity contribution in [2.75, 3.05) is 5.32 Å². The van der Waals surface area contributed by atoms with Crippen LogP contribution < -0.4 is 5.32 Å². The van der Waals surface area contributed by atoms with Gasteiger partial charge < -0.3 is 5.32 Å². The quantitative estimate of drug-likeness (QED) is 0.897. The van der Waals surface area contributed by atoms with Gasteiger partial charge in [0, 0.05) is 9.90 Å². The van der Waals surface area contributed by atoms with Crippen LogP contribution in [0, 0.1) is 11.3 Å². The lowest BCUT2D eigenvalue weighted by atomic mass is 10.0. The second kappa shape index (κ2) is 5.20. The van der Waals surface area contributed by atoms with Crippen LogP contribution in [0.25, 0.3) is 0 Å². The van der Waals surface area contributed by atoms with Crippen molar-refractivity contribution in [1.29, 1.82) is 5.26 Å². The van der Waals surface area contributed by atoms with Gasteiger partial charge in [-0.05, 0) is 43.9 Å². The average Bonchev–Trinajstić information content (AvgIpc) is 2.83. The van der Waals surface area contributed by atoms with E-state index in [0.29, 0.717) is 10.6 Å². The summed E-state index contributed by atoms with van der Waals surface area (Å²) in [6, 6.07) is 7.41. The molecule has 0 unspecified atom stereocenters. The van der Waals surface area contributed by atoms with E-state index in [1.807, 2.05) is 6.07 Å². The monoisotopic (exact) mass is 289 g/mol. The number of nitrogens with one attached hydrogen (secondary N) is 1. The number of halogens is 1. The predicted molar refractivity (Wildman–Crippen MR) is 78.2 cm³/mol. The fourth-order valence-corrected chi connectivity index (χ4v) is 3.47. The molecule has 1 aliphatic carbocycles. The zero-order valence-corrected chi connectivity index (χ0v) is 11.8. The molecule has 3 nitrogen and oxygen atoms in total. The molecule has 1 aromatic carbocycles. The Balaban J connectivity index is 1.89. The Kier molecular flexibility index (Phi) is 3.41. The number of nitriles is 1. The Bertz CT molecular complexity index is 634. The lowest BCUT2D eigenvalue weighted by Crippen LogP contribution is -1.99. The Labute approximate surface area is 120 Å². The van der Waals surface area contributed by atoms with E-state index in [9.17, 15) is 0 Å². The van der Waals surface area contributed by atoms with Gasteiger partial charge in [-0.15, -0.1) is 11.3 Å². The van der Waals surface area contributed by atoms with Crippen molar-refractivity contribution in [3.05, 3.63) is 39.4 Å². The number of hydrogen-bond acceptors (Lipinski definition) is 4. The highest BCUT2D eigenvalue weighted by Crippen LogP contribution is 2.32. The first kappa shape index (κ1) is 12.5. The molecule has 19 heavy (non-hydrogen) atoms. The van der Waals surface area contributed by atoms with Crippen LogP contribution in [0.2, 0.25) is 5.02 Å². The molecule has 1 aromatic heterocycles. The smallest absolute Gasteiger partial charge is 0.187 e. The van der Waals surface area contributed by atoms with Gasteiger partial charge in [0.2, 0.25) is 0 Å². The summed E-state index contributed by atoms with van der Waals surface area (Å²) >= 11 is 7.58. The van der Waals surface area contributed by atoms with E-state index in [1.54, 1.807) is 23.5 Å². The van der Waals surface area contributed by atoms with Crippen molar-refractivity contribution >= 4 is 33.8 Å². The number of aromatic nitrogens is 1. The summed E-state index contributed by atoms with van der Waals surface area (Å²) in [6.07, 6.45) is 4.67. The molecule has 0 amide bonds. The molecular weight excluding hydrogens is 278 g/mol. The van der Waals surface area contributed by atoms with Crippen molar-refractivity contribution in [2.45, 2.75) is 25.7 Å². The molecule has 1 heterocycles. The van der Waals surface area contributed by atoms with Gasteiger partial charge in [-0.1, -0.05) is 11.6 Å². The van der Waals surface area contributed by atoms with Gasteiger partial charge in [-0.2, -0.15) is 5.26 Å². The van der Waals surface area contributed by atoms with Crippen LogP contribution in [-0.2, 0) is 12.8 Å². The number of anilines is 2. The predicted octanol–water partition coefficient (Wildman–Crippen LogP) is 4.29. The molecule has 0 atom stereocenters. The summed E-state index contributed by atoms with van der Waals surface area (Å²) in [5.74, 6) is 0. The van der Waals surface area contributed by atoms with Crippen molar-refractivity contribution in [3.63, 3.8) is 0 Å². The molecule has 5 heteroatoms. The van der Waals surface area contributed by atoms with Crippen LogP contribution in [0.15, 0.2) is 18.2 Å². The molecular formula is C14H12ClN3S. The Morgan fingerprint density at radius 1 is 1.32 bits per heavy atom. The topological polar surface area (TPSA) is 48.7 Å². The zero-order valence-electron chi connectivity index (χ0n) is 10.2. The van der Waals surface area contributed by atoms with Gasteiger partial charge in [0.15, 0.2) is 5.13 Å². The Hall–Kier alpha value is -1.57. The highest BCUT2D eigenvalue weighted by Gasteiger charge is 2.15. The number of fused-ring (bicyclic) bond motifs is 1. The molecule has 0 fully saturated rings. The van der Waals surface area contributed by atoms with Gasteiger partial charge in [0.05, 0.1) is 16.9 Å². The van der Waals surface area contributed by atoms with E-state index in [4.69, 9.17) is 16.9 Å². The van der Waals surface area contributed by atoms with Crippen LogP contribution in [-0.4, -0.2) is 4.98 Å². The lowest BCUT2D eigenvalue weighted by Gasteiger charge is -2.06. The number of thiazole rings is 1. The molecule has 1 aliphatic rings. The van der Waals surface area contributed by atoms with E-state index in [0.717, 1.165) is 23.7 Å². The SMILES string of the molecule is N#Cc1cc(Cl)ccc1Nc1nc2c(s1)CCCC2. The van der Waals surface area contributed by atoms with Crippen LogP contribution in [0.1, 0.15) is 29.0 Å². The van der Waals surface area contributed by atoms with E-state index in [1.165, 1.54) is 23.4 Å². The minimum atomic E-state index is 0.542. The first-order chi connectivity index (χ1) is 9.26. The number of hydrogen-bond donors (Lipinski definition) is 1.